The van der Waals surface area contributed by atoms with Gasteiger partial charge >= 0.3 is 5.97 Å². The molecule has 0 saturated carbocycles. The summed E-state index contributed by atoms with van der Waals surface area (Å²) in [6, 6.07) is 5.29. The van der Waals surface area contributed by atoms with Crippen LogP contribution in [-0.2, 0) is 4.74 Å². The molecule has 3 nitrogen and oxygen atoms in total. The van der Waals surface area contributed by atoms with Crippen molar-refractivity contribution in [3.8, 4) is 5.75 Å². The molecule has 0 unspecified atom stereocenters. The molecule has 0 saturated heterocycles. The molecule has 0 radical (unpaired) electrons. The number of carbonyl (C=O) groups is 1. The van der Waals surface area contributed by atoms with Crippen molar-refractivity contribution >= 4 is 5.97 Å². The zero-order valence-electron chi connectivity index (χ0n) is 10.5. The molecule has 0 fully saturated rings. The number of rotatable bonds is 2. The van der Waals surface area contributed by atoms with Gasteiger partial charge < -0.3 is 9.47 Å². The van der Waals surface area contributed by atoms with Crippen LogP contribution in [0.3, 0.4) is 0 Å². The highest BCUT2D eigenvalue weighted by Crippen LogP contribution is 2.20. The second-order valence-corrected chi connectivity index (χ2v) is 4.69. The molecule has 0 N–H and O–H groups in total. The molecule has 0 aliphatic rings. The number of methoxy groups -OCH3 is 1. The molecule has 1 aromatic rings. The SMILES string of the molecule is COc1cc(C(=O)OC(C)(C)C)ccc1C. The van der Waals surface area contributed by atoms with Crippen LogP contribution in [0, 0.1) is 6.92 Å². The summed E-state index contributed by atoms with van der Waals surface area (Å²) in [5.74, 6) is 0.370. The average Bonchev–Trinajstić information content (AvgIpc) is 2.15. The number of hydrogen-bond donors (Lipinski definition) is 0. The number of esters is 1. The fourth-order valence-corrected chi connectivity index (χ4v) is 1.28. The Morgan fingerprint density at radius 1 is 1.25 bits per heavy atom. The monoisotopic (exact) mass is 222 g/mol. The second kappa shape index (κ2) is 4.56. The van der Waals surface area contributed by atoms with Crippen molar-refractivity contribution < 1.29 is 14.3 Å². The average molecular weight is 222 g/mol. The van der Waals surface area contributed by atoms with E-state index >= 15 is 0 Å². The number of ether oxygens (including phenoxy) is 2. The lowest BCUT2D eigenvalue weighted by molar-refractivity contribution is 0.00692. The highest BCUT2D eigenvalue weighted by molar-refractivity contribution is 5.90. The Hall–Kier alpha value is -1.51. The van der Waals surface area contributed by atoms with Gasteiger partial charge in [-0.2, -0.15) is 0 Å². The fourth-order valence-electron chi connectivity index (χ4n) is 1.28. The Kier molecular flexibility index (Phi) is 3.58. The first-order valence-corrected chi connectivity index (χ1v) is 5.21. The molecule has 0 atom stereocenters. The minimum atomic E-state index is -0.477. The van der Waals surface area contributed by atoms with E-state index in [0.717, 1.165) is 5.56 Å². The highest BCUT2D eigenvalue weighted by Gasteiger charge is 2.18. The molecular weight excluding hydrogens is 204 g/mol. The van der Waals surface area contributed by atoms with E-state index < -0.39 is 5.60 Å². The summed E-state index contributed by atoms with van der Waals surface area (Å²) in [5, 5.41) is 0. The largest absolute Gasteiger partial charge is 0.496 e. The summed E-state index contributed by atoms with van der Waals surface area (Å²) in [6.07, 6.45) is 0. The summed E-state index contributed by atoms with van der Waals surface area (Å²) in [5.41, 5.74) is 1.03. The Balaban J connectivity index is 2.93. The van der Waals surface area contributed by atoms with Crippen molar-refractivity contribution in [3.63, 3.8) is 0 Å². The van der Waals surface area contributed by atoms with Gasteiger partial charge in [-0.3, -0.25) is 0 Å². The van der Waals surface area contributed by atoms with Crippen molar-refractivity contribution in [3.05, 3.63) is 29.3 Å². The Bertz CT molecular complexity index is 389. The summed E-state index contributed by atoms with van der Waals surface area (Å²) in [7, 11) is 1.58. The first kappa shape index (κ1) is 12.6. The van der Waals surface area contributed by atoms with Crippen LogP contribution in [0.25, 0.3) is 0 Å². The minimum absolute atomic E-state index is 0.328. The second-order valence-electron chi connectivity index (χ2n) is 4.69. The van der Waals surface area contributed by atoms with E-state index in [1.165, 1.54) is 0 Å². The maximum absolute atomic E-state index is 11.8. The minimum Gasteiger partial charge on any atom is -0.496 e. The summed E-state index contributed by atoms with van der Waals surface area (Å²) < 4.78 is 10.4. The van der Waals surface area contributed by atoms with Crippen molar-refractivity contribution in [2.24, 2.45) is 0 Å². The zero-order chi connectivity index (χ0) is 12.3. The van der Waals surface area contributed by atoms with Gasteiger partial charge in [-0.05, 0) is 45.4 Å². The maximum Gasteiger partial charge on any atom is 0.338 e. The summed E-state index contributed by atoms with van der Waals surface area (Å²) in [6.45, 7) is 7.46. The standard InChI is InChI=1S/C13H18O3/c1-9-6-7-10(8-11(9)15-5)12(14)16-13(2,3)4/h6-8H,1-5H3. The molecule has 1 aromatic carbocycles. The van der Waals surface area contributed by atoms with Crippen molar-refractivity contribution in [2.45, 2.75) is 33.3 Å². The molecule has 0 heterocycles. The van der Waals surface area contributed by atoms with Crippen LogP contribution in [0.4, 0.5) is 0 Å². The number of hydrogen-bond acceptors (Lipinski definition) is 3. The van der Waals surface area contributed by atoms with E-state index in [-0.39, 0.29) is 5.97 Å². The van der Waals surface area contributed by atoms with E-state index in [2.05, 4.69) is 0 Å². The van der Waals surface area contributed by atoms with Crippen molar-refractivity contribution in [2.75, 3.05) is 7.11 Å². The van der Waals surface area contributed by atoms with E-state index in [9.17, 15) is 4.79 Å². The van der Waals surface area contributed by atoms with E-state index in [4.69, 9.17) is 9.47 Å². The molecule has 1 rings (SSSR count). The zero-order valence-corrected chi connectivity index (χ0v) is 10.5. The summed E-state index contributed by atoms with van der Waals surface area (Å²) in [4.78, 5) is 11.8. The molecule has 88 valence electrons. The number of benzene rings is 1. The lowest BCUT2D eigenvalue weighted by Crippen LogP contribution is -2.23. The topological polar surface area (TPSA) is 35.5 Å². The molecule has 0 aliphatic heterocycles. The first-order chi connectivity index (χ1) is 7.33. The normalized spacial score (nSPS) is 11.1. The molecule has 0 aromatic heterocycles. The molecular formula is C13H18O3. The van der Waals surface area contributed by atoms with Gasteiger partial charge in [0.15, 0.2) is 0 Å². The van der Waals surface area contributed by atoms with Gasteiger partial charge in [0.05, 0.1) is 12.7 Å². The fraction of sp³-hybridized carbons (Fsp3) is 0.462. The number of aryl methyl sites for hydroxylation is 1. The third-order valence-corrected chi connectivity index (χ3v) is 2.04. The van der Waals surface area contributed by atoms with Crippen LogP contribution in [-0.4, -0.2) is 18.7 Å². The predicted octanol–water partition coefficient (Wildman–Crippen LogP) is 2.96. The maximum atomic E-state index is 11.8. The molecule has 0 bridgehead atoms. The van der Waals surface area contributed by atoms with Gasteiger partial charge in [0, 0.05) is 0 Å². The smallest absolute Gasteiger partial charge is 0.338 e. The lowest BCUT2D eigenvalue weighted by Gasteiger charge is -2.19. The van der Waals surface area contributed by atoms with Crippen molar-refractivity contribution in [1.29, 1.82) is 0 Å². The van der Waals surface area contributed by atoms with E-state index in [1.807, 2.05) is 33.8 Å². The Labute approximate surface area is 96.4 Å². The highest BCUT2D eigenvalue weighted by atomic mass is 16.6. The third kappa shape index (κ3) is 3.26. The van der Waals surface area contributed by atoms with Gasteiger partial charge in [0.25, 0.3) is 0 Å². The van der Waals surface area contributed by atoms with E-state index in [1.54, 1.807) is 19.2 Å². The van der Waals surface area contributed by atoms with Gasteiger partial charge in [-0.1, -0.05) is 6.07 Å². The van der Waals surface area contributed by atoms with Gasteiger partial charge in [0.2, 0.25) is 0 Å². The number of carbonyl (C=O) groups excluding carboxylic acids is 1. The van der Waals surface area contributed by atoms with Crippen LogP contribution in [0.15, 0.2) is 18.2 Å². The molecule has 16 heavy (non-hydrogen) atoms. The van der Waals surface area contributed by atoms with Gasteiger partial charge in [-0.15, -0.1) is 0 Å². The molecule has 0 amide bonds. The van der Waals surface area contributed by atoms with Crippen LogP contribution in [0.1, 0.15) is 36.7 Å². The van der Waals surface area contributed by atoms with Gasteiger partial charge in [-0.25, -0.2) is 4.79 Å². The first-order valence-electron chi connectivity index (χ1n) is 5.21. The quantitative estimate of drug-likeness (QED) is 0.722. The molecule has 0 spiro atoms. The lowest BCUT2D eigenvalue weighted by atomic mass is 10.1. The van der Waals surface area contributed by atoms with Crippen LogP contribution >= 0.6 is 0 Å². The van der Waals surface area contributed by atoms with Crippen molar-refractivity contribution in [1.82, 2.24) is 0 Å². The van der Waals surface area contributed by atoms with Crippen LogP contribution < -0.4 is 4.74 Å². The Morgan fingerprint density at radius 3 is 2.38 bits per heavy atom. The molecule has 0 aliphatic carbocycles. The molecule has 3 heteroatoms. The van der Waals surface area contributed by atoms with Crippen LogP contribution in [0.2, 0.25) is 0 Å². The van der Waals surface area contributed by atoms with E-state index in [0.29, 0.717) is 11.3 Å². The third-order valence-electron chi connectivity index (χ3n) is 2.04. The predicted molar refractivity (Wildman–Crippen MR) is 62.9 cm³/mol. The Morgan fingerprint density at radius 2 is 1.88 bits per heavy atom. The summed E-state index contributed by atoms with van der Waals surface area (Å²) >= 11 is 0. The van der Waals surface area contributed by atoms with Gasteiger partial charge in [0.1, 0.15) is 11.4 Å². The van der Waals surface area contributed by atoms with Crippen LogP contribution in [0.5, 0.6) is 5.75 Å².